The fraction of sp³-hybridized carbons (Fsp3) is 0.762. The summed E-state index contributed by atoms with van der Waals surface area (Å²) in [6.45, 7) is 10.7. The van der Waals surface area contributed by atoms with Crippen molar-refractivity contribution in [3.05, 3.63) is 16.6 Å². The highest BCUT2D eigenvalue weighted by atomic mass is 32.1. The fourth-order valence-corrected chi connectivity index (χ4v) is 4.38. The molecule has 1 aliphatic carbocycles. The summed E-state index contributed by atoms with van der Waals surface area (Å²) in [5, 5.41) is 9.33. The predicted octanol–water partition coefficient (Wildman–Crippen LogP) is 4.32. The quantitative estimate of drug-likeness (QED) is 0.725. The molecule has 0 radical (unpaired) electrons. The molecule has 0 spiro atoms. The van der Waals surface area contributed by atoms with E-state index in [1.54, 1.807) is 11.3 Å². The van der Waals surface area contributed by atoms with Crippen molar-refractivity contribution in [2.24, 2.45) is 23.2 Å². The number of hydrogen-bond donors (Lipinski definition) is 2. The standard InChI is InChI=1S/C21H35N3O2S/c1-14(2)12-17(25)24-18(19-22-10-11-27-19)16-8-6-15(7-9-16)13-23-20(26)21(3,4)5/h10-11,14-16,18H,6-9,12-13H2,1-5H3,(H,23,26)(H,24,25)/t15?,16?,18-/m0/s1. The summed E-state index contributed by atoms with van der Waals surface area (Å²) in [7, 11) is 0. The lowest BCUT2D eigenvalue weighted by Gasteiger charge is -2.34. The Labute approximate surface area is 167 Å². The van der Waals surface area contributed by atoms with Gasteiger partial charge in [-0.3, -0.25) is 9.59 Å². The molecule has 152 valence electrons. The molecule has 1 aromatic rings. The third-order valence-corrected chi connectivity index (χ3v) is 6.08. The highest BCUT2D eigenvalue weighted by molar-refractivity contribution is 7.09. The van der Waals surface area contributed by atoms with Gasteiger partial charge < -0.3 is 10.6 Å². The molecule has 0 bridgehead atoms. The average molecular weight is 394 g/mol. The van der Waals surface area contributed by atoms with Gasteiger partial charge in [-0.2, -0.15) is 0 Å². The number of amides is 2. The van der Waals surface area contributed by atoms with Crippen molar-refractivity contribution in [3.63, 3.8) is 0 Å². The van der Waals surface area contributed by atoms with E-state index < -0.39 is 0 Å². The normalized spacial score (nSPS) is 21.7. The summed E-state index contributed by atoms with van der Waals surface area (Å²) in [6, 6.07) is 0.0152. The van der Waals surface area contributed by atoms with Crippen molar-refractivity contribution in [2.75, 3.05) is 6.54 Å². The Morgan fingerprint density at radius 3 is 2.41 bits per heavy atom. The summed E-state index contributed by atoms with van der Waals surface area (Å²) in [5.74, 6) is 1.53. The minimum Gasteiger partial charge on any atom is -0.355 e. The Hall–Kier alpha value is -1.43. The molecule has 0 unspecified atom stereocenters. The lowest BCUT2D eigenvalue weighted by Crippen LogP contribution is -2.40. The van der Waals surface area contributed by atoms with Gasteiger partial charge in [0, 0.05) is 30.0 Å². The van der Waals surface area contributed by atoms with Crippen LogP contribution in [0.1, 0.15) is 77.8 Å². The topological polar surface area (TPSA) is 71.1 Å². The summed E-state index contributed by atoms with van der Waals surface area (Å²) >= 11 is 1.62. The van der Waals surface area contributed by atoms with Gasteiger partial charge in [0.05, 0.1) is 6.04 Å². The first-order chi connectivity index (χ1) is 12.7. The smallest absolute Gasteiger partial charge is 0.225 e. The molecule has 0 aliphatic heterocycles. The van der Waals surface area contributed by atoms with Gasteiger partial charge in [-0.05, 0) is 43.4 Å². The maximum absolute atomic E-state index is 12.4. The second-order valence-electron chi connectivity index (χ2n) is 9.25. The molecule has 1 aromatic heterocycles. The molecule has 5 nitrogen and oxygen atoms in total. The molecule has 6 heteroatoms. The Morgan fingerprint density at radius 1 is 1.22 bits per heavy atom. The van der Waals surface area contributed by atoms with Crippen molar-refractivity contribution in [1.82, 2.24) is 15.6 Å². The van der Waals surface area contributed by atoms with Crippen molar-refractivity contribution in [2.45, 2.75) is 72.8 Å². The van der Waals surface area contributed by atoms with Crippen LogP contribution in [0.15, 0.2) is 11.6 Å². The van der Waals surface area contributed by atoms with Gasteiger partial charge in [0.25, 0.3) is 0 Å². The number of nitrogens with zero attached hydrogens (tertiary/aromatic N) is 1. The number of nitrogens with one attached hydrogen (secondary N) is 2. The SMILES string of the molecule is CC(C)CC(=O)N[C@H](c1nccs1)C1CCC(CNC(=O)C(C)(C)C)CC1. The van der Waals surface area contributed by atoms with Crippen molar-refractivity contribution >= 4 is 23.2 Å². The zero-order chi connectivity index (χ0) is 20.0. The van der Waals surface area contributed by atoms with E-state index in [-0.39, 0.29) is 23.3 Å². The van der Waals surface area contributed by atoms with E-state index in [4.69, 9.17) is 0 Å². The van der Waals surface area contributed by atoms with E-state index in [0.717, 1.165) is 37.2 Å². The van der Waals surface area contributed by atoms with Crippen LogP contribution in [0.4, 0.5) is 0 Å². The van der Waals surface area contributed by atoms with Crippen molar-refractivity contribution in [1.29, 1.82) is 0 Å². The minimum atomic E-state index is -0.339. The zero-order valence-corrected chi connectivity index (χ0v) is 18.2. The van der Waals surface area contributed by atoms with Gasteiger partial charge in [-0.25, -0.2) is 4.98 Å². The highest BCUT2D eigenvalue weighted by Gasteiger charge is 2.32. The maximum atomic E-state index is 12.4. The van der Waals surface area contributed by atoms with Crippen LogP contribution in [0, 0.1) is 23.2 Å². The summed E-state index contributed by atoms with van der Waals surface area (Å²) < 4.78 is 0. The third kappa shape index (κ3) is 6.91. The molecular weight excluding hydrogens is 358 g/mol. The van der Waals surface area contributed by atoms with E-state index in [2.05, 4.69) is 29.5 Å². The molecule has 0 aromatic carbocycles. The Morgan fingerprint density at radius 2 is 1.89 bits per heavy atom. The number of thiazole rings is 1. The van der Waals surface area contributed by atoms with Crippen LogP contribution in [0.2, 0.25) is 0 Å². The van der Waals surface area contributed by atoms with E-state index in [0.29, 0.717) is 24.2 Å². The minimum absolute atomic E-state index is 0.0152. The monoisotopic (exact) mass is 393 g/mol. The van der Waals surface area contributed by atoms with Crippen LogP contribution in [0.3, 0.4) is 0 Å². The van der Waals surface area contributed by atoms with Gasteiger partial charge in [-0.15, -0.1) is 11.3 Å². The first-order valence-corrected chi connectivity index (χ1v) is 11.0. The van der Waals surface area contributed by atoms with Crippen molar-refractivity contribution < 1.29 is 9.59 Å². The molecule has 2 rings (SSSR count). The van der Waals surface area contributed by atoms with Gasteiger partial charge >= 0.3 is 0 Å². The van der Waals surface area contributed by atoms with Crippen LogP contribution in [0.25, 0.3) is 0 Å². The molecule has 1 saturated carbocycles. The molecule has 1 fully saturated rings. The van der Waals surface area contributed by atoms with Gasteiger partial charge in [0.15, 0.2) is 0 Å². The Balaban J connectivity index is 1.90. The number of hydrogen-bond acceptors (Lipinski definition) is 4. The van der Waals surface area contributed by atoms with E-state index in [9.17, 15) is 9.59 Å². The van der Waals surface area contributed by atoms with E-state index >= 15 is 0 Å². The predicted molar refractivity (Wildman–Crippen MR) is 110 cm³/mol. The summed E-state index contributed by atoms with van der Waals surface area (Å²) in [4.78, 5) is 28.9. The number of aromatic nitrogens is 1. The number of carbonyl (C=O) groups is 2. The Bertz CT molecular complexity index is 599. The van der Waals surface area contributed by atoms with Crippen LogP contribution in [-0.4, -0.2) is 23.3 Å². The van der Waals surface area contributed by atoms with Crippen LogP contribution in [-0.2, 0) is 9.59 Å². The molecule has 1 atom stereocenters. The number of rotatable bonds is 7. The number of carbonyl (C=O) groups excluding carboxylic acids is 2. The summed E-state index contributed by atoms with van der Waals surface area (Å²) in [5.41, 5.74) is -0.339. The van der Waals surface area contributed by atoms with Crippen molar-refractivity contribution in [3.8, 4) is 0 Å². The van der Waals surface area contributed by atoms with E-state index in [1.165, 1.54) is 0 Å². The second-order valence-corrected chi connectivity index (χ2v) is 10.2. The first kappa shape index (κ1) is 21.9. The molecule has 1 heterocycles. The largest absolute Gasteiger partial charge is 0.355 e. The first-order valence-electron chi connectivity index (χ1n) is 10.1. The molecule has 1 aliphatic rings. The third-order valence-electron chi connectivity index (χ3n) is 5.22. The maximum Gasteiger partial charge on any atom is 0.225 e. The molecule has 2 amide bonds. The highest BCUT2D eigenvalue weighted by Crippen LogP contribution is 2.37. The average Bonchev–Trinajstić information content (AvgIpc) is 3.11. The second kappa shape index (κ2) is 9.67. The van der Waals surface area contributed by atoms with Gasteiger partial charge in [-0.1, -0.05) is 34.6 Å². The molecule has 2 N–H and O–H groups in total. The van der Waals surface area contributed by atoms with E-state index in [1.807, 2.05) is 32.3 Å². The van der Waals surface area contributed by atoms with Crippen LogP contribution >= 0.6 is 11.3 Å². The molecule has 27 heavy (non-hydrogen) atoms. The zero-order valence-electron chi connectivity index (χ0n) is 17.4. The van der Waals surface area contributed by atoms with Crippen LogP contribution < -0.4 is 10.6 Å². The molecule has 0 saturated heterocycles. The lowest BCUT2D eigenvalue weighted by molar-refractivity contribution is -0.128. The van der Waals surface area contributed by atoms with Gasteiger partial charge in [0.1, 0.15) is 5.01 Å². The Kier molecular flexibility index (Phi) is 7.83. The summed E-state index contributed by atoms with van der Waals surface area (Å²) in [6.07, 6.45) is 6.64. The van der Waals surface area contributed by atoms with Gasteiger partial charge in [0.2, 0.25) is 11.8 Å². The van der Waals surface area contributed by atoms with Crippen LogP contribution in [0.5, 0.6) is 0 Å². The molecular formula is C21H35N3O2S. The lowest BCUT2D eigenvalue weighted by atomic mass is 9.78. The fourth-order valence-electron chi connectivity index (χ4n) is 3.60.